The topological polar surface area (TPSA) is 43.4 Å². The molecule has 0 spiro atoms. The summed E-state index contributed by atoms with van der Waals surface area (Å²) >= 11 is 0. The van der Waals surface area contributed by atoms with Crippen LogP contribution in [0.15, 0.2) is 12.2 Å². The predicted octanol–water partition coefficient (Wildman–Crippen LogP) is 9.37. The SMILES string of the molecule is CCCCCCCCC=CCCCCCCCC(=O)OC(=O)CCCCCCCCCCC.[NaH]. The second-order valence-electron chi connectivity index (χ2n) is 9.76. The first-order valence-electron chi connectivity index (χ1n) is 14.6. The predicted molar refractivity (Wildman–Crippen MR) is 150 cm³/mol. The third-order valence-corrected chi connectivity index (χ3v) is 6.35. The van der Waals surface area contributed by atoms with Crippen molar-refractivity contribution >= 4 is 41.5 Å². The Morgan fingerprint density at radius 3 is 1.12 bits per heavy atom. The Labute approximate surface area is 234 Å². The molecule has 0 amide bonds. The van der Waals surface area contributed by atoms with Crippen LogP contribution in [-0.2, 0) is 14.3 Å². The van der Waals surface area contributed by atoms with Crippen LogP contribution in [-0.4, -0.2) is 41.5 Å². The van der Waals surface area contributed by atoms with Gasteiger partial charge in [-0.2, -0.15) is 0 Å². The maximum absolute atomic E-state index is 11.8. The molecule has 0 aromatic rings. The summed E-state index contributed by atoms with van der Waals surface area (Å²) in [6.45, 7) is 4.50. The number of rotatable bonds is 25. The standard InChI is InChI=1S/C30H56O3.Na.H/c1-3-5-7-9-11-13-14-15-16-17-18-20-22-24-26-28-30(32)33-29(31)27-25-23-21-19-12-10-8-6-4-2;;/h15-16H,3-14,17-28H2,1-2H3;;. The summed E-state index contributed by atoms with van der Waals surface area (Å²) in [7, 11) is 0. The van der Waals surface area contributed by atoms with Gasteiger partial charge in [0.1, 0.15) is 0 Å². The Kier molecular flexibility index (Phi) is 32.8. The summed E-state index contributed by atoms with van der Waals surface area (Å²) in [5, 5.41) is 0. The molecule has 0 bridgehead atoms. The van der Waals surface area contributed by atoms with Gasteiger partial charge in [-0.1, -0.05) is 129 Å². The average Bonchev–Trinajstić information content (AvgIpc) is 2.80. The van der Waals surface area contributed by atoms with Crippen LogP contribution in [0.1, 0.15) is 168 Å². The van der Waals surface area contributed by atoms with E-state index < -0.39 is 0 Å². The number of ether oxygens (including phenoxy) is 1. The molecular weight excluding hydrogens is 431 g/mol. The summed E-state index contributed by atoms with van der Waals surface area (Å²) in [6.07, 6.45) is 32.5. The van der Waals surface area contributed by atoms with Crippen molar-refractivity contribution in [2.45, 2.75) is 168 Å². The van der Waals surface area contributed by atoms with Crippen molar-refractivity contribution in [3.05, 3.63) is 12.2 Å². The van der Waals surface area contributed by atoms with Crippen molar-refractivity contribution in [3.8, 4) is 0 Å². The van der Waals surface area contributed by atoms with Crippen molar-refractivity contribution in [1.29, 1.82) is 0 Å². The van der Waals surface area contributed by atoms with Gasteiger partial charge in [-0.05, 0) is 38.5 Å². The molecule has 0 rings (SSSR count). The van der Waals surface area contributed by atoms with Crippen LogP contribution in [0.2, 0.25) is 0 Å². The van der Waals surface area contributed by atoms with E-state index in [4.69, 9.17) is 4.74 Å². The molecule has 0 radical (unpaired) electrons. The van der Waals surface area contributed by atoms with Gasteiger partial charge in [0.05, 0.1) is 0 Å². The van der Waals surface area contributed by atoms with Crippen molar-refractivity contribution in [1.82, 2.24) is 0 Å². The van der Waals surface area contributed by atoms with E-state index in [0.29, 0.717) is 12.8 Å². The van der Waals surface area contributed by atoms with Gasteiger partial charge in [-0.3, -0.25) is 9.59 Å². The molecule has 34 heavy (non-hydrogen) atoms. The van der Waals surface area contributed by atoms with E-state index in [1.807, 2.05) is 0 Å². The minimum atomic E-state index is -0.339. The first kappa shape index (κ1) is 36.0. The third kappa shape index (κ3) is 29.9. The van der Waals surface area contributed by atoms with Gasteiger partial charge in [0.25, 0.3) is 0 Å². The van der Waals surface area contributed by atoms with E-state index in [0.717, 1.165) is 32.1 Å². The molecule has 0 aliphatic carbocycles. The fraction of sp³-hybridized carbons (Fsp3) is 0.867. The van der Waals surface area contributed by atoms with Gasteiger partial charge in [-0.25, -0.2) is 0 Å². The molecule has 4 heteroatoms. The molecule has 0 saturated heterocycles. The Hall–Kier alpha value is -0.120. The third-order valence-electron chi connectivity index (χ3n) is 6.35. The molecule has 0 unspecified atom stereocenters. The molecule has 0 atom stereocenters. The van der Waals surface area contributed by atoms with Crippen molar-refractivity contribution in [2.24, 2.45) is 0 Å². The van der Waals surface area contributed by atoms with Crippen LogP contribution in [0.5, 0.6) is 0 Å². The van der Waals surface area contributed by atoms with E-state index in [-0.39, 0.29) is 41.5 Å². The normalized spacial score (nSPS) is 11.0. The second kappa shape index (κ2) is 30.9. The molecule has 0 aromatic heterocycles. The molecule has 0 N–H and O–H groups in total. The molecule has 0 aliphatic rings. The first-order valence-corrected chi connectivity index (χ1v) is 14.6. The van der Waals surface area contributed by atoms with Gasteiger partial charge in [0.2, 0.25) is 0 Å². The van der Waals surface area contributed by atoms with Crippen molar-refractivity contribution < 1.29 is 14.3 Å². The summed E-state index contributed by atoms with van der Waals surface area (Å²) in [5.74, 6) is -0.677. The van der Waals surface area contributed by atoms with Crippen LogP contribution < -0.4 is 0 Å². The molecule has 0 heterocycles. The Morgan fingerprint density at radius 1 is 0.471 bits per heavy atom. The van der Waals surface area contributed by atoms with E-state index in [1.54, 1.807) is 0 Å². The number of carbonyl (C=O) groups is 2. The monoisotopic (exact) mass is 488 g/mol. The van der Waals surface area contributed by atoms with E-state index in [2.05, 4.69) is 26.0 Å². The summed E-state index contributed by atoms with van der Waals surface area (Å²) < 4.78 is 4.95. The van der Waals surface area contributed by atoms with Gasteiger partial charge in [0, 0.05) is 12.8 Å². The zero-order valence-electron chi connectivity index (χ0n) is 22.4. The Balaban J connectivity index is 0. The van der Waals surface area contributed by atoms with Crippen molar-refractivity contribution in [2.75, 3.05) is 0 Å². The molecule has 0 aliphatic heterocycles. The van der Waals surface area contributed by atoms with Gasteiger partial charge in [0.15, 0.2) is 0 Å². The maximum atomic E-state index is 11.8. The zero-order valence-corrected chi connectivity index (χ0v) is 22.4. The average molecular weight is 489 g/mol. The molecule has 3 nitrogen and oxygen atoms in total. The number of esters is 2. The Bertz CT molecular complexity index is 462. The van der Waals surface area contributed by atoms with E-state index in [9.17, 15) is 9.59 Å². The summed E-state index contributed by atoms with van der Waals surface area (Å²) in [4.78, 5) is 23.6. The number of carbonyl (C=O) groups excluding carboxylic acids is 2. The van der Waals surface area contributed by atoms with Gasteiger partial charge < -0.3 is 4.74 Å². The van der Waals surface area contributed by atoms with E-state index >= 15 is 0 Å². The zero-order chi connectivity index (χ0) is 24.2. The van der Waals surface area contributed by atoms with Crippen molar-refractivity contribution in [3.63, 3.8) is 0 Å². The fourth-order valence-electron chi connectivity index (χ4n) is 4.15. The summed E-state index contributed by atoms with van der Waals surface area (Å²) in [5.41, 5.74) is 0. The summed E-state index contributed by atoms with van der Waals surface area (Å²) in [6, 6.07) is 0. The van der Waals surface area contributed by atoms with Crippen LogP contribution in [0.3, 0.4) is 0 Å². The minimum absolute atomic E-state index is 0. The first-order chi connectivity index (χ1) is 16.2. The Morgan fingerprint density at radius 2 is 0.765 bits per heavy atom. The number of hydrogen-bond acceptors (Lipinski definition) is 3. The van der Waals surface area contributed by atoms with Crippen LogP contribution in [0.4, 0.5) is 0 Å². The molecule has 0 fully saturated rings. The van der Waals surface area contributed by atoms with Gasteiger partial charge in [-0.15, -0.1) is 0 Å². The number of hydrogen-bond donors (Lipinski definition) is 0. The van der Waals surface area contributed by atoms with Crippen LogP contribution >= 0.6 is 0 Å². The molecule has 0 saturated carbocycles. The second-order valence-corrected chi connectivity index (χ2v) is 9.76. The van der Waals surface area contributed by atoms with Gasteiger partial charge >= 0.3 is 41.5 Å². The van der Waals surface area contributed by atoms with Crippen LogP contribution in [0.25, 0.3) is 0 Å². The quantitative estimate of drug-likeness (QED) is 0.0422. The molecule has 196 valence electrons. The molecule has 0 aromatic carbocycles. The van der Waals surface area contributed by atoms with Crippen LogP contribution in [0, 0.1) is 0 Å². The van der Waals surface area contributed by atoms with E-state index in [1.165, 1.54) is 109 Å². The number of unbranched alkanes of at least 4 members (excludes halogenated alkanes) is 19. The number of allylic oxidation sites excluding steroid dienone is 2. The fourth-order valence-corrected chi connectivity index (χ4v) is 4.15. The molecular formula is C30H57NaO3.